The molecule has 7 nitrogen and oxygen atoms in total. The minimum atomic E-state index is -0.618. The van der Waals surface area contributed by atoms with Crippen LogP contribution >= 0.6 is 23.1 Å². The highest BCUT2D eigenvalue weighted by Gasteiger charge is 2.23. The number of fused-ring (bicyclic) bond motifs is 1. The molecule has 172 valence electrons. The van der Waals surface area contributed by atoms with Crippen LogP contribution in [-0.4, -0.2) is 48.1 Å². The van der Waals surface area contributed by atoms with Crippen molar-refractivity contribution in [3.8, 4) is 6.07 Å². The summed E-state index contributed by atoms with van der Waals surface area (Å²) in [6.45, 7) is 1.13. The van der Waals surface area contributed by atoms with Gasteiger partial charge in [-0.25, -0.2) is 4.79 Å². The maximum Gasteiger partial charge on any atom is 0.339 e. The van der Waals surface area contributed by atoms with E-state index in [9.17, 15) is 19.6 Å². The molecule has 0 spiro atoms. The zero-order valence-corrected chi connectivity index (χ0v) is 19.9. The van der Waals surface area contributed by atoms with Crippen molar-refractivity contribution < 1.29 is 19.1 Å². The molecule has 2 heterocycles. The van der Waals surface area contributed by atoms with E-state index in [1.165, 1.54) is 23.1 Å². The highest BCUT2D eigenvalue weighted by atomic mass is 32.2. The Balaban J connectivity index is 1.33. The predicted molar refractivity (Wildman–Crippen MR) is 128 cm³/mol. The van der Waals surface area contributed by atoms with Gasteiger partial charge >= 0.3 is 5.97 Å². The fourth-order valence-corrected chi connectivity index (χ4v) is 6.30. The van der Waals surface area contributed by atoms with Gasteiger partial charge in [-0.05, 0) is 56.2 Å². The molecule has 1 aromatic heterocycles. The van der Waals surface area contributed by atoms with Crippen LogP contribution in [0.2, 0.25) is 0 Å². The van der Waals surface area contributed by atoms with Crippen molar-refractivity contribution in [2.45, 2.75) is 43.4 Å². The number of thioether (sulfide) groups is 1. The standard InChI is InChI=1S/C24H25N3O4S2/c25-13-18-16-7-1-4-10-20(16)33-23(18)26-21(28)14-31-24(30)17-8-2-3-9-19(17)32-15-22(29)27-11-5-6-12-27/h2-3,8-9H,1,4-7,10-12,14-15H2,(H,26,28). The molecule has 1 aliphatic carbocycles. The molecule has 9 heteroatoms. The van der Waals surface area contributed by atoms with Crippen molar-refractivity contribution in [1.82, 2.24) is 4.90 Å². The van der Waals surface area contributed by atoms with Crippen molar-refractivity contribution >= 4 is 45.9 Å². The summed E-state index contributed by atoms with van der Waals surface area (Å²) in [6, 6.07) is 9.13. The second kappa shape index (κ2) is 10.9. The van der Waals surface area contributed by atoms with E-state index in [0.717, 1.165) is 62.1 Å². The topological polar surface area (TPSA) is 99.5 Å². The molecule has 33 heavy (non-hydrogen) atoms. The summed E-state index contributed by atoms with van der Waals surface area (Å²) in [5.41, 5.74) is 1.89. The SMILES string of the molecule is N#Cc1c(NC(=O)COC(=O)c2ccccc2SCC(=O)N2CCCC2)sc2c1CCCC2. The lowest BCUT2D eigenvalue weighted by atomic mass is 9.96. The number of carbonyl (C=O) groups is 3. The Kier molecular flexibility index (Phi) is 7.68. The highest BCUT2D eigenvalue weighted by molar-refractivity contribution is 8.00. The van der Waals surface area contributed by atoms with Crippen LogP contribution in [0.5, 0.6) is 0 Å². The maximum atomic E-state index is 12.6. The summed E-state index contributed by atoms with van der Waals surface area (Å²) in [4.78, 5) is 41.0. The maximum absolute atomic E-state index is 12.6. The van der Waals surface area contributed by atoms with E-state index in [1.807, 2.05) is 4.90 Å². The second-order valence-corrected chi connectivity index (χ2v) is 10.1. The van der Waals surface area contributed by atoms with Crippen molar-refractivity contribution in [2.24, 2.45) is 0 Å². The molecule has 1 saturated heterocycles. The van der Waals surface area contributed by atoms with Gasteiger partial charge in [0.25, 0.3) is 5.91 Å². The number of nitrogens with one attached hydrogen (secondary N) is 1. The number of amides is 2. The van der Waals surface area contributed by atoms with Gasteiger partial charge in [-0.3, -0.25) is 9.59 Å². The Labute approximate surface area is 201 Å². The minimum Gasteiger partial charge on any atom is -0.452 e. The Hall–Kier alpha value is -2.83. The van der Waals surface area contributed by atoms with Gasteiger partial charge in [0.15, 0.2) is 6.61 Å². The number of aryl methyl sites for hydroxylation is 1. The average molecular weight is 484 g/mol. The van der Waals surface area contributed by atoms with E-state index in [4.69, 9.17) is 4.74 Å². The number of nitriles is 1. The Bertz CT molecular complexity index is 1100. The molecular formula is C24H25N3O4S2. The summed E-state index contributed by atoms with van der Waals surface area (Å²) in [5.74, 6) is -0.780. The number of esters is 1. The first-order valence-electron chi connectivity index (χ1n) is 11.1. The fraction of sp³-hybridized carbons (Fsp3) is 0.417. The van der Waals surface area contributed by atoms with Gasteiger partial charge in [0.2, 0.25) is 5.91 Å². The number of likely N-dealkylation sites (tertiary alicyclic amines) is 1. The number of ether oxygens (including phenoxy) is 1. The smallest absolute Gasteiger partial charge is 0.339 e. The van der Waals surface area contributed by atoms with Crippen LogP contribution in [0.1, 0.15) is 52.0 Å². The second-order valence-electron chi connectivity index (χ2n) is 8.02. The number of thiophene rings is 1. The lowest BCUT2D eigenvalue weighted by Gasteiger charge is -2.15. The molecule has 2 aromatic rings. The van der Waals surface area contributed by atoms with E-state index in [1.54, 1.807) is 24.3 Å². The number of anilines is 1. The van der Waals surface area contributed by atoms with Gasteiger partial charge < -0.3 is 15.0 Å². The zero-order chi connectivity index (χ0) is 23.2. The molecule has 1 aromatic carbocycles. The number of hydrogen-bond acceptors (Lipinski definition) is 7. The first-order valence-corrected chi connectivity index (χ1v) is 12.9. The molecule has 1 aliphatic heterocycles. The van der Waals surface area contributed by atoms with Gasteiger partial charge in [-0.15, -0.1) is 23.1 Å². The Morgan fingerprint density at radius 3 is 2.67 bits per heavy atom. The Morgan fingerprint density at radius 1 is 1.12 bits per heavy atom. The van der Waals surface area contributed by atoms with E-state index in [0.29, 0.717) is 21.0 Å². The number of rotatable bonds is 7. The van der Waals surface area contributed by atoms with Gasteiger partial charge in [0.05, 0.1) is 16.9 Å². The highest BCUT2D eigenvalue weighted by Crippen LogP contribution is 2.37. The van der Waals surface area contributed by atoms with E-state index >= 15 is 0 Å². The van der Waals surface area contributed by atoms with Crippen LogP contribution in [0.4, 0.5) is 5.00 Å². The van der Waals surface area contributed by atoms with Crippen molar-refractivity contribution in [3.05, 3.63) is 45.8 Å². The van der Waals surface area contributed by atoms with Gasteiger partial charge in [0.1, 0.15) is 11.1 Å². The molecule has 2 amide bonds. The average Bonchev–Trinajstić information content (AvgIpc) is 3.49. The summed E-state index contributed by atoms with van der Waals surface area (Å²) in [6.07, 6.45) is 5.98. The third-order valence-corrected chi connectivity index (χ3v) is 8.05. The summed E-state index contributed by atoms with van der Waals surface area (Å²) < 4.78 is 5.25. The quantitative estimate of drug-likeness (QED) is 0.472. The van der Waals surface area contributed by atoms with E-state index in [2.05, 4.69) is 11.4 Å². The summed E-state index contributed by atoms with van der Waals surface area (Å²) >= 11 is 2.73. The van der Waals surface area contributed by atoms with Crippen molar-refractivity contribution in [1.29, 1.82) is 5.26 Å². The van der Waals surface area contributed by atoms with Crippen molar-refractivity contribution in [3.63, 3.8) is 0 Å². The van der Waals surface area contributed by atoms with Crippen LogP contribution in [0.15, 0.2) is 29.2 Å². The fourth-order valence-electron chi connectivity index (χ4n) is 4.10. The van der Waals surface area contributed by atoms with Crippen LogP contribution in [0.25, 0.3) is 0 Å². The van der Waals surface area contributed by atoms with Crippen molar-refractivity contribution in [2.75, 3.05) is 30.8 Å². The molecule has 0 radical (unpaired) electrons. The lowest BCUT2D eigenvalue weighted by molar-refractivity contribution is -0.127. The van der Waals surface area contributed by atoms with Gasteiger partial charge in [-0.2, -0.15) is 5.26 Å². The number of nitrogens with zero attached hydrogens (tertiary/aromatic N) is 2. The first kappa shape index (κ1) is 23.3. The van der Waals surface area contributed by atoms with Gasteiger partial charge in [-0.1, -0.05) is 12.1 Å². The summed E-state index contributed by atoms with van der Waals surface area (Å²) in [5, 5.41) is 12.8. The summed E-state index contributed by atoms with van der Waals surface area (Å²) in [7, 11) is 0. The van der Waals surface area contributed by atoms with Crippen LogP contribution in [-0.2, 0) is 27.2 Å². The molecule has 0 saturated carbocycles. The molecule has 0 bridgehead atoms. The monoisotopic (exact) mass is 483 g/mol. The number of benzene rings is 1. The molecule has 0 atom stereocenters. The largest absolute Gasteiger partial charge is 0.452 e. The molecular weight excluding hydrogens is 458 g/mol. The predicted octanol–water partition coefficient (Wildman–Crippen LogP) is 4.01. The van der Waals surface area contributed by atoms with Crippen LogP contribution in [0, 0.1) is 11.3 Å². The molecule has 1 N–H and O–H groups in total. The van der Waals surface area contributed by atoms with Crippen LogP contribution in [0.3, 0.4) is 0 Å². The lowest BCUT2D eigenvalue weighted by Crippen LogP contribution is -2.29. The van der Waals surface area contributed by atoms with E-state index in [-0.39, 0.29) is 11.7 Å². The third-order valence-electron chi connectivity index (χ3n) is 5.79. The van der Waals surface area contributed by atoms with Crippen LogP contribution < -0.4 is 5.32 Å². The molecule has 1 fully saturated rings. The normalized spacial score (nSPS) is 14.9. The number of hydrogen-bond donors (Lipinski definition) is 1. The van der Waals surface area contributed by atoms with Gasteiger partial charge in [0, 0.05) is 22.9 Å². The first-order chi connectivity index (χ1) is 16.1. The van der Waals surface area contributed by atoms with E-state index < -0.39 is 18.5 Å². The number of carbonyl (C=O) groups excluding carboxylic acids is 3. The molecule has 0 unspecified atom stereocenters. The minimum absolute atomic E-state index is 0.0620. The zero-order valence-electron chi connectivity index (χ0n) is 18.2. The third kappa shape index (κ3) is 5.57. The molecule has 4 rings (SSSR count). The molecule has 2 aliphatic rings. The Morgan fingerprint density at radius 2 is 1.88 bits per heavy atom.